The van der Waals surface area contributed by atoms with Crippen molar-refractivity contribution < 1.29 is 0 Å². The Bertz CT molecular complexity index is 1050. The number of allylic oxidation sites excluding steroid dienone is 2. The number of hydrogen-bond acceptors (Lipinski definition) is 0. The van der Waals surface area contributed by atoms with E-state index in [0.717, 1.165) is 25.7 Å². The molecule has 36 heavy (non-hydrogen) atoms. The molecule has 2 aromatic rings. The molecule has 4 unspecified atom stereocenters. The lowest BCUT2D eigenvalue weighted by Crippen LogP contribution is -2.13. The molecule has 194 valence electrons. The molecule has 0 aromatic heterocycles. The second kappa shape index (κ2) is 11.5. The largest absolute Gasteiger partial charge is 0.0648 e. The molecule has 0 saturated heterocycles. The fraction of sp³-hybridized carbons (Fsp3) is 0.556. The van der Waals surface area contributed by atoms with Gasteiger partial charge >= 0.3 is 0 Å². The molecular formula is C36H50. The topological polar surface area (TPSA) is 0 Å². The van der Waals surface area contributed by atoms with E-state index in [-0.39, 0.29) is 0 Å². The van der Waals surface area contributed by atoms with Crippen molar-refractivity contribution in [2.75, 3.05) is 0 Å². The molecule has 4 rings (SSSR count). The van der Waals surface area contributed by atoms with E-state index in [1.165, 1.54) is 36.8 Å². The molecule has 0 saturated carbocycles. The number of rotatable bonds is 11. The van der Waals surface area contributed by atoms with Crippen LogP contribution in [0.15, 0.2) is 35.4 Å². The van der Waals surface area contributed by atoms with E-state index in [1.54, 1.807) is 44.5 Å². The molecule has 0 bridgehead atoms. The maximum absolute atomic E-state index is 2.62. The minimum Gasteiger partial charge on any atom is -0.0648 e. The fourth-order valence-corrected chi connectivity index (χ4v) is 7.12. The van der Waals surface area contributed by atoms with Crippen molar-refractivity contribution in [1.82, 2.24) is 0 Å². The molecule has 0 N–H and O–H groups in total. The lowest BCUT2D eigenvalue weighted by molar-refractivity contribution is 0.517. The van der Waals surface area contributed by atoms with E-state index in [2.05, 4.69) is 91.8 Å². The van der Waals surface area contributed by atoms with Crippen LogP contribution in [0.4, 0.5) is 0 Å². The molecule has 0 radical (unpaired) electrons. The monoisotopic (exact) mass is 482 g/mol. The van der Waals surface area contributed by atoms with Crippen LogP contribution >= 0.6 is 0 Å². The molecule has 2 aliphatic rings. The number of fused-ring (bicyclic) bond motifs is 2. The van der Waals surface area contributed by atoms with Gasteiger partial charge in [0.15, 0.2) is 0 Å². The van der Waals surface area contributed by atoms with Gasteiger partial charge in [0.2, 0.25) is 0 Å². The predicted molar refractivity (Wildman–Crippen MR) is 160 cm³/mol. The highest BCUT2D eigenvalue weighted by Gasteiger charge is 2.35. The zero-order valence-electron chi connectivity index (χ0n) is 24.4. The van der Waals surface area contributed by atoms with Crippen molar-refractivity contribution in [2.45, 2.75) is 119 Å². The molecule has 0 nitrogen and oxygen atoms in total. The SMILES string of the molecule is CCc1ccc(CC)c2c1C=C(C(C)CC)C2CCC1C(C(C)CC)=Cc2c(CC)ccc(CC)c21. The van der Waals surface area contributed by atoms with E-state index >= 15 is 0 Å². The summed E-state index contributed by atoms with van der Waals surface area (Å²) in [5.41, 5.74) is 16.1. The van der Waals surface area contributed by atoms with Gasteiger partial charge in [-0.3, -0.25) is 0 Å². The minimum absolute atomic E-state index is 0.582. The summed E-state index contributed by atoms with van der Waals surface area (Å²) in [6, 6.07) is 9.69. The van der Waals surface area contributed by atoms with Crippen LogP contribution in [0.25, 0.3) is 12.2 Å². The van der Waals surface area contributed by atoms with E-state index in [4.69, 9.17) is 0 Å². The molecule has 0 heterocycles. The van der Waals surface area contributed by atoms with E-state index in [0.29, 0.717) is 23.7 Å². The Morgan fingerprint density at radius 2 is 0.861 bits per heavy atom. The molecule has 0 amide bonds. The van der Waals surface area contributed by atoms with Gasteiger partial charge in [0.05, 0.1) is 0 Å². The highest BCUT2D eigenvalue weighted by Crippen LogP contribution is 2.51. The van der Waals surface area contributed by atoms with Crippen molar-refractivity contribution in [3.63, 3.8) is 0 Å². The number of hydrogen-bond donors (Lipinski definition) is 0. The Balaban J connectivity index is 1.76. The van der Waals surface area contributed by atoms with Gasteiger partial charge in [-0.1, -0.05) is 103 Å². The standard InChI is InChI=1S/C36H50/c1-9-23(7)31-21-33-25(11-3)15-17-27(13-5)35(33)29(31)19-20-30-32(24(8)10-2)22-34-26(12-4)16-18-28(14-6)36(30)34/h15-18,21-24,29-30H,9-14,19-20H2,1-8H3. The second-order valence-corrected chi connectivity index (χ2v) is 11.4. The Morgan fingerprint density at radius 1 is 0.528 bits per heavy atom. The smallest absolute Gasteiger partial charge is 0.00632 e. The Hall–Kier alpha value is -2.08. The third kappa shape index (κ3) is 4.66. The molecule has 2 aliphatic carbocycles. The van der Waals surface area contributed by atoms with Crippen molar-refractivity contribution in [1.29, 1.82) is 0 Å². The third-order valence-electron chi connectivity index (χ3n) is 9.69. The van der Waals surface area contributed by atoms with Gasteiger partial charge in [0, 0.05) is 11.8 Å². The van der Waals surface area contributed by atoms with Gasteiger partial charge in [-0.2, -0.15) is 0 Å². The summed E-state index contributed by atoms with van der Waals surface area (Å²) in [4.78, 5) is 0. The summed E-state index contributed by atoms with van der Waals surface area (Å²) in [5, 5.41) is 0. The molecule has 0 spiro atoms. The lowest BCUT2D eigenvalue weighted by Gasteiger charge is -2.28. The van der Waals surface area contributed by atoms with Crippen molar-refractivity contribution in [2.24, 2.45) is 11.8 Å². The first kappa shape index (κ1) is 27.0. The van der Waals surface area contributed by atoms with E-state index < -0.39 is 0 Å². The predicted octanol–water partition coefficient (Wildman–Crippen LogP) is 10.5. The van der Waals surface area contributed by atoms with Gasteiger partial charge in [0.25, 0.3) is 0 Å². The fourth-order valence-electron chi connectivity index (χ4n) is 7.12. The maximum Gasteiger partial charge on any atom is 0.00632 e. The van der Waals surface area contributed by atoms with Gasteiger partial charge in [0.1, 0.15) is 0 Å². The first-order valence-corrected chi connectivity index (χ1v) is 15.2. The summed E-state index contributed by atoms with van der Waals surface area (Å²) < 4.78 is 0. The summed E-state index contributed by atoms with van der Waals surface area (Å²) in [7, 11) is 0. The molecular weight excluding hydrogens is 432 g/mol. The lowest BCUT2D eigenvalue weighted by atomic mass is 9.76. The average Bonchev–Trinajstić information content (AvgIpc) is 3.49. The summed E-state index contributed by atoms with van der Waals surface area (Å²) in [6.07, 6.45) is 14.7. The van der Waals surface area contributed by atoms with Crippen molar-refractivity contribution in [3.8, 4) is 0 Å². The van der Waals surface area contributed by atoms with Crippen molar-refractivity contribution in [3.05, 3.63) is 79.9 Å². The van der Waals surface area contributed by atoms with E-state index in [9.17, 15) is 0 Å². The highest BCUT2D eigenvalue weighted by molar-refractivity contribution is 5.73. The summed E-state index contributed by atoms with van der Waals surface area (Å²) in [5.74, 6) is 2.46. The normalized spacial score (nSPS) is 20.1. The Morgan fingerprint density at radius 3 is 1.17 bits per heavy atom. The summed E-state index contributed by atoms with van der Waals surface area (Å²) in [6.45, 7) is 19.0. The number of aryl methyl sites for hydroxylation is 4. The first-order valence-electron chi connectivity index (χ1n) is 15.2. The van der Waals surface area contributed by atoms with Crippen LogP contribution in [-0.2, 0) is 25.7 Å². The molecule has 0 fully saturated rings. The highest BCUT2D eigenvalue weighted by atomic mass is 14.4. The van der Waals surface area contributed by atoms with Gasteiger partial charge in [-0.15, -0.1) is 0 Å². The van der Waals surface area contributed by atoms with Crippen molar-refractivity contribution >= 4 is 12.2 Å². The zero-order valence-corrected chi connectivity index (χ0v) is 24.4. The van der Waals surface area contributed by atoms with Crippen LogP contribution in [-0.4, -0.2) is 0 Å². The van der Waals surface area contributed by atoms with Crippen LogP contribution in [0.3, 0.4) is 0 Å². The first-order chi connectivity index (χ1) is 17.4. The van der Waals surface area contributed by atoms with Crippen LogP contribution in [0, 0.1) is 11.8 Å². The maximum atomic E-state index is 2.62. The van der Waals surface area contributed by atoms with Crippen LogP contribution in [0.2, 0.25) is 0 Å². The average molecular weight is 483 g/mol. The molecule has 2 aromatic carbocycles. The second-order valence-electron chi connectivity index (χ2n) is 11.4. The van der Waals surface area contributed by atoms with Gasteiger partial charge in [-0.25, -0.2) is 0 Å². The number of benzene rings is 2. The van der Waals surface area contributed by atoms with E-state index in [1.807, 2.05) is 0 Å². The van der Waals surface area contributed by atoms with Crippen LogP contribution < -0.4 is 0 Å². The van der Waals surface area contributed by atoms with Gasteiger partial charge < -0.3 is 0 Å². The van der Waals surface area contributed by atoms with Crippen LogP contribution in [0.1, 0.15) is 137 Å². The molecule has 0 aliphatic heterocycles. The quantitative estimate of drug-likeness (QED) is 0.299. The minimum atomic E-state index is 0.582. The summed E-state index contributed by atoms with van der Waals surface area (Å²) >= 11 is 0. The molecule has 0 heteroatoms. The molecule has 4 atom stereocenters. The third-order valence-corrected chi connectivity index (χ3v) is 9.69. The Labute approximate surface area is 222 Å². The Kier molecular flexibility index (Phi) is 8.64. The van der Waals surface area contributed by atoms with Crippen LogP contribution in [0.5, 0.6) is 0 Å². The van der Waals surface area contributed by atoms with Gasteiger partial charge in [-0.05, 0) is 108 Å². The zero-order chi connectivity index (χ0) is 26.0.